The Bertz CT molecular complexity index is 758. The van der Waals surface area contributed by atoms with Gasteiger partial charge in [0.05, 0.1) is 5.56 Å². The van der Waals surface area contributed by atoms with E-state index in [4.69, 9.17) is 4.74 Å². The van der Waals surface area contributed by atoms with E-state index in [0.717, 1.165) is 5.56 Å². The van der Waals surface area contributed by atoms with Crippen LogP contribution in [0.25, 0.3) is 10.1 Å². The number of ether oxygens (including phenoxy) is 1. The lowest BCUT2D eigenvalue weighted by atomic mass is 10.1. The van der Waals surface area contributed by atoms with E-state index in [1.165, 1.54) is 10.1 Å². The SMILES string of the molecule is CC(=O)c1ccccc1OCc1csc2ccccc12. The highest BCUT2D eigenvalue weighted by Gasteiger charge is 2.09. The average molecular weight is 282 g/mol. The van der Waals surface area contributed by atoms with Gasteiger partial charge < -0.3 is 4.74 Å². The minimum absolute atomic E-state index is 0.0239. The average Bonchev–Trinajstić information content (AvgIpc) is 2.88. The minimum Gasteiger partial charge on any atom is -0.488 e. The van der Waals surface area contributed by atoms with Gasteiger partial charge in [-0.1, -0.05) is 30.3 Å². The van der Waals surface area contributed by atoms with Crippen LogP contribution in [0.4, 0.5) is 0 Å². The molecule has 3 rings (SSSR count). The van der Waals surface area contributed by atoms with Crippen molar-refractivity contribution in [2.24, 2.45) is 0 Å². The summed E-state index contributed by atoms with van der Waals surface area (Å²) in [5.41, 5.74) is 1.79. The van der Waals surface area contributed by atoms with Crippen molar-refractivity contribution in [3.8, 4) is 5.75 Å². The van der Waals surface area contributed by atoms with Crippen molar-refractivity contribution in [2.75, 3.05) is 0 Å². The molecule has 0 bridgehead atoms. The van der Waals surface area contributed by atoms with E-state index >= 15 is 0 Å². The van der Waals surface area contributed by atoms with Crippen molar-refractivity contribution in [1.82, 2.24) is 0 Å². The van der Waals surface area contributed by atoms with Crippen molar-refractivity contribution in [1.29, 1.82) is 0 Å². The zero-order chi connectivity index (χ0) is 13.9. The second kappa shape index (κ2) is 5.47. The number of thiophene rings is 1. The van der Waals surface area contributed by atoms with E-state index in [9.17, 15) is 4.79 Å². The normalized spacial score (nSPS) is 10.7. The van der Waals surface area contributed by atoms with E-state index in [2.05, 4.69) is 17.5 Å². The molecule has 3 heteroatoms. The number of para-hydroxylation sites is 1. The molecule has 100 valence electrons. The fraction of sp³-hybridized carbons (Fsp3) is 0.118. The number of carbonyl (C=O) groups excluding carboxylic acids is 1. The molecule has 2 nitrogen and oxygen atoms in total. The number of carbonyl (C=O) groups is 1. The number of Topliss-reactive ketones (excluding diaryl/α,β-unsaturated/α-hetero) is 1. The first-order valence-electron chi connectivity index (χ1n) is 6.43. The van der Waals surface area contributed by atoms with E-state index in [-0.39, 0.29) is 5.78 Å². The van der Waals surface area contributed by atoms with Crippen LogP contribution in [0.2, 0.25) is 0 Å². The molecule has 20 heavy (non-hydrogen) atoms. The van der Waals surface area contributed by atoms with Crippen molar-refractivity contribution in [3.63, 3.8) is 0 Å². The van der Waals surface area contributed by atoms with Crippen LogP contribution in [0.15, 0.2) is 53.9 Å². The summed E-state index contributed by atoms with van der Waals surface area (Å²) in [4.78, 5) is 11.6. The van der Waals surface area contributed by atoms with Gasteiger partial charge in [-0.05, 0) is 35.9 Å². The molecule has 0 spiro atoms. The summed E-state index contributed by atoms with van der Waals surface area (Å²) in [6.45, 7) is 2.04. The van der Waals surface area contributed by atoms with Crippen molar-refractivity contribution in [2.45, 2.75) is 13.5 Å². The standard InChI is InChI=1S/C17H14O2S/c1-12(18)14-6-2-4-8-16(14)19-10-13-11-20-17-9-5-3-7-15(13)17/h2-9,11H,10H2,1H3. The van der Waals surface area contributed by atoms with Gasteiger partial charge in [0.25, 0.3) is 0 Å². The zero-order valence-electron chi connectivity index (χ0n) is 11.1. The van der Waals surface area contributed by atoms with Crippen LogP contribution in [-0.4, -0.2) is 5.78 Å². The van der Waals surface area contributed by atoms with Gasteiger partial charge >= 0.3 is 0 Å². The molecule has 2 aromatic carbocycles. The van der Waals surface area contributed by atoms with Crippen molar-refractivity contribution in [3.05, 3.63) is 65.0 Å². The summed E-state index contributed by atoms with van der Waals surface area (Å²) in [5.74, 6) is 0.672. The summed E-state index contributed by atoms with van der Waals surface area (Å²) in [7, 11) is 0. The van der Waals surface area contributed by atoms with E-state index < -0.39 is 0 Å². The van der Waals surface area contributed by atoms with Gasteiger partial charge in [-0.2, -0.15) is 0 Å². The number of fused-ring (bicyclic) bond motifs is 1. The van der Waals surface area contributed by atoms with E-state index in [0.29, 0.717) is 17.9 Å². The number of hydrogen-bond acceptors (Lipinski definition) is 3. The highest BCUT2D eigenvalue weighted by Crippen LogP contribution is 2.27. The Labute approximate surface area is 121 Å². The van der Waals surface area contributed by atoms with Crippen LogP contribution in [0, 0.1) is 0 Å². The molecule has 0 aliphatic rings. The van der Waals surface area contributed by atoms with Crippen LogP contribution < -0.4 is 4.74 Å². The van der Waals surface area contributed by atoms with Crippen LogP contribution in [0.3, 0.4) is 0 Å². The number of hydrogen-bond donors (Lipinski definition) is 0. The van der Waals surface area contributed by atoms with Gasteiger partial charge in [0, 0.05) is 10.3 Å². The molecule has 0 N–H and O–H groups in total. The van der Waals surface area contributed by atoms with E-state index in [1.54, 1.807) is 24.3 Å². The second-order valence-corrected chi connectivity index (χ2v) is 5.51. The first-order chi connectivity index (χ1) is 9.75. The predicted octanol–water partition coefficient (Wildman–Crippen LogP) is 4.68. The Morgan fingerprint density at radius 1 is 1.10 bits per heavy atom. The van der Waals surface area contributed by atoms with Crippen molar-refractivity contribution >= 4 is 27.2 Å². The molecule has 0 fully saturated rings. The first-order valence-corrected chi connectivity index (χ1v) is 7.31. The maximum Gasteiger partial charge on any atom is 0.163 e. The summed E-state index contributed by atoms with van der Waals surface area (Å²) < 4.78 is 7.09. The lowest BCUT2D eigenvalue weighted by Crippen LogP contribution is -2.00. The highest BCUT2D eigenvalue weighted by atomic mass is 32.1. The Morgan fingerprint density at radius 3 is 2.70 bits per heavy atom. The molecule has 1 heterocycles. The van der Waals surface area contributed by atoms with Gasteiger partial charge in [0.2, 0.25) is 0 Å². The molecule has 0 radical (unpaired) electrons. The molecular weight excluding hydrogens is 268 g/mol. The topological polar surface area (TPSA) is 26.3 Å². The molecule has 1 aromatic heterocycles. The maximum absolute atomic E-state index is 11.6. The number of ketones is 1. The molecule has 0 saturated carbocycles. The van der Waals surface area contributed by atoms with Gasteiger partial charge in [-0.25, -0.2) is 0 Å². The van der Waals surface area contributed by atoms with Gasteiger partial charge in [0.15, 0.2) is 5.78 Å². The molecule has 0 amide bonds. The van der Waals surface area contributed by atoms with Gasteiger partial charge in [0.1, 0.15) is 12.4 Å². The Morgan fingerprint density at radius 2 is 1.85 bits per heavy atom. The molecule has 0 atom stereocenters. The monoisotopic (exact) mass is 282 g/mol. The molecule has 0 unspecified atom stereocenters. The lowest BCUT2D eigenvalue weighted by molar-refractivity contribution is 0.101. The van der Waals surface area contributed by atoms with E-state index in [1.807, 2.05) is 30.3 Å². The zero-order valence-corrected chi connectivity index (χ0v) is 11.9. The number of benzene rings is 2. The van der Waals surface area contributed by atoms with Crippen LogP contribution >= 0.6 is 11.3 Å². The van der Waals surface area contributed by atoms with Gasteiger partial charge in [-0.3, -0.25) is 4.79 Å². The first kappa shape index (κ1) is 12.9. The van der Waals surface area contributed by atoms with Crippen LogP contribution in [0.5, 0.6) is 5.75 Å². The van der Waals surface area contributed by atoms with Crippen molar-refractivity contribution < 1.29 is 9.53 Å². The Kier molecular flexibility index (Phi) is 3.52. The molecule has 0 aliphatic heterocycles. The number of rotatable bonds is 4. The quantitative estimate of drug-likeness (QED) is 0.649. The maximum atomic E-state index is 11.6. The molecular formula is C17H14O2S. The fourth-order valence-electron chi connectivity index (χ4n) is 2.18. The summed E-state index contributed by atoms with van der Waals surface area (Å²) in [5, 5.41) is 3.33. The smallest absolute Gasteiger partial charge is 0.163 e. The lowest BCUT2D eigenvalue weighted by Gasteiger charge is -2.09. The van der Waals surface area contributed by atoms with Crippen LogP contribution in [0.1, 0.15) is 22.8 Å². The second-order valence-electron chi connectivity index (χ2n) is 4.60. The fourth-order valence-corrected chi connectivity index (χ4v) is 3.13. The van der Waals surface area contributed by atoms with Gasteiger partial charge in [-0.15, -0.1) is 11.3 Å². The highest BCUT2D eigenvalue weighted by molar-refractivity contribution is 7.17. The Balaban J connectivity index is 1.85. The third kappa shape index (κ3) is 2.45. The third-order valence-electron chi connectivity index (χ3n) is 3.21. The third-order valence-corrected chi connectivity index (χ3v) is 4.22. The largest absolute Gasteiger partial charge is 0.488 e. The Hall–Kier alpha value is -2.13. The molecule has 0 saturated heterocycles. The summed E-state index contributed by atoms with van der Waals surface area (Å²) in [6.07, 6.45) is 0. The predicted molar refractivity (Wildman–Crippen MR) is 82.6 cm³/mol. The van der Waals surface area contributed by atoms with Crippen LogP contribution in [-0.2, 0) is 6.61 Å². The minimum atomic E-state index is 0.0239. The molecule has 3 aromatic rings. The molecule has 0 aliphatic carbocycles. The summed E-state index contributed by atoms with van der Waals surface area (Å²) in [6, 6.07) is 15.6. The summed E-state index contributed by atoms with van der Waals surface area (Å²) >= 11 is 1.71.